The van der Waals surface area contributed by atoms with Crippen molar-refractivity contribution in [2.24, 2.45) is 5.84 Å². The summed E-state index contributed by atoms with van der Waals surface area (Å²) in [6.45, 7) is 0. The highest BCUT2D eigenvalue weighted by Crippen LogP contribution is 2.25. The van der Waals surface area contributed by atoms with Crippen LogP contribution in [0.3, 0.4) is 0 Å². The van der Waals surface area contributed by atoms with Crippen molar-refractivity contribution in [3.05, 3.63) is 33.3 Å². The summed E-state index contributed by atoms with van der Waals surface area (Å²) in [6.07, 6.45) is 0. The number of rotatable bonds is 4. The van der Waals surface area contributed by atoms with Crippen LogP contribution in [0.1, 0.15) is 0 Å². The molecule has 1 rings (SSSR count). The number of methoxy groups -OCH3 is 1. The molecule has 0 aliphatic carbocycles. The molecule has 0 heterocycles. The van der Waals surface area contributed by atoms with Crippen molar-refractivity contribution >= 4 is 17.3 Å². The molecule has 7 nitrogen and oxygen atoms in total. The molecular weight excluding hydrogens is 226 g/mol. The van der Waals surface area contributed by atoms with Crippen LogP contribution in [0.25, 0.3) is 0 Å². The molecule has 1 aromatic rings. The molecule has 0 amide bonds. The number of ether oxygens (including phenoxy) is 1. The fourth-order valence-electron chi connectivity index (χ4n) is 0.912. The van der Waals surface area contributed by atoms with Crippen molar-refractivity contribution < 1.29 is 14.8 Å². The van der Waals surface area contributed by atoms with Gasteiger partial charge in [0.1, 0.15) is 5.75 Å². The molecule has 2 N–H and O–H groups in total. The Bertz CT molecular complexity index is 373. The summed E-state index contributed by atoms with van der Waals surface area (Å²) >= 11 is 5.72. The van der Waals surface area contributed by atoms with Gasteiger partial charge in [0, 0.05) is 11.1 Å². The topological polar surface area (TPSA) is 90.9 Å². The van der Waals surface area contributed by atoms with E-state index in [1.807, 2.05) is 0 Å². The third-order valence-electron chi connectivity index (χ3n) is 1.50. The van der Waals surface area contributed by atoms with Crippen LogP contribution in [0, 0.1) is 10.1 Å². The highest BCUT2D eigenvalue weighted by molar-refractivity contribution is 6.31. The van der Waals surface area contributed by atoms with Crippen molar-refractivity contribution in [3.63, 3.8) is 0 Å². The van der Waals surface area contributed by atoms with Gasteiger partial charge in [-0.3, -0.25) is 0 Å². The van der Waals surface area contributed by atoms with Gasteiger partial charge >= 0.3 is 5.09 Å². The van der Waals surface area contributed by atoms with Gasteiger partial charge in [0.2, 0.25) is 0 Å². The first-order valence-electron chi connectivity index (χ1n) is 3.75. The lowest BCUT2D eigenvalue weighted by atomic mass is 10.3. The van der Waals surface area contributed by atoms with E-state index in [9.17, 15) is 10.1 Å². The molecule has 0 aliphatic heterocycles. The van der Waals surface area contributed by atoms with E-state index < -0.39 is 5.09 Å². The van der Waals surface area contributed by atoms with Gasteiger partial charge in [-0.05, 0) is 12.1 Å². The molecule has 1 aromatic carbocycles. The smallest absolute Gasteiger partial charge is 0.318 e. The van der Waals surface area contributed by atoms with Gasteiger partial charge in [-0.25, -0.2) is 5.84 Å². The first-order chi connectivity index (χ1) is 7.02. The van der Waals surface area contributed by atoms with Crippen molar-refractivity contribution in [2.75, 3.05) is 12.3 Å². The summed E-state index contributed by atoms with van der Waals surface area (Å²) in [6, 6.07) is 4.37. The summed E-state index contributed by atoms with van der Waals surface area (Å²) in [5, 5.41) is 9.79. The third-order valence-corrected chi connectivity index (χ3v) is 1.72. The molecule has 0 saturated carbocycles. The maximum Gasteiger partial charge on any atom is 0.318 e. The van der Waals surface area contributed by atoms with E-state index in [0.717, 1.165) is 0 Å². The molecule has 0 atom stereocenters. The zero-order valence-electron chi connectivity index (χ0n) is 7.71. The van der Waals surface area contributed by atoms with Gasteiger partial charge in [0.05, 0.1) is 12.8 Å². The van der Waals surface area contributed by atoms with Crippen LogP contribution < -0.4 is 15.8 Å². The molecule has 15 heavy (non-hydrogen) atoms. The Morgan fingerprint density at radius 2 is 2.20 bits per heavy atom. The minimum atomic E-state index is -1.03. The summed E-state index contributed by atoms with van der Waals surface area (Å²) in [7, 11) is 1.44. The maximum atomic E-state index is 10.0. The number of hydrogen-bond donors (Lipinski definition) is 1. The second-order valence-electron chi connectivity index (χ2n) is 2.48. The lowest BCUT2D eigenvalue weighted by Gasteiger charge is -2.15. The second-order valence-corrected chi connectivity index (χ2v) is 2.92. The molecule has 82 valence electrons. The van der Waals surface area contributed by atoms with E-state index in [0.29, 0.717) is 15.9 Å². The average Bonchev–Trinajstić information content (AvgIpc) is 2.15. The minimum absolute atomic E-state index is 0.205. The van der Waals surface area contributed by atoms with E-state index in [1.165, 1.54) is 25.3 Å². The van der Waals surface area contributed by atoms with Crippen molar-refractivity contribution in [1.29, 1.82) is 0 Å². The van der Waals surface area contributed by atoms with Gasteiger partial charge in [-0.1, -0.05) is 11.6 Å². The first kappa shape index (κ1) is 11.3. The standard InChI is InChI=1S/C7H8ClN3O4/c1-14-7-3-5(8)2-6(4-7)10(9)15-11(12)13/h2-4H,9H2,1H3. The summed E-state index contributed by atoms with van der Waals surface area (Å²) in [5.74, 6) is 5.66. The van der Waals surface area contributed by atoms with Crippen LogP contribution in [0.15, 0.2) is 18.2 Å². The molecular formula is C7H8ClN3O4. The van der Waals surface area contributed by atoms with Crippen LogP contribution in [-0.4, -0.2) is 12.2 Å². The van der Waals surface area contributed by atoms with Crippen LogP contribution in [0.4, 0.5) is 5.69 Å². The summed E-state index contributed by atoms with van der Waals surface area (Å²) < 4.78 is 4.90. The zero-order chi connectivity index (χ0) is 11.4. The molecule has 0 fully saturated rings. The van der Waals surface area contributed by atoms with E-state index in [4.69, 9.17) is 22.2 Å². The number of halogens is 1. The van der Waals surface area contributed by atoms with E-state index in [1.54, 1.807) is 0 Å². The molecule has 0 aliphatic rings. The van der Waals surface area contributed by atoms with Crippen molar-refractivity contribution in [1.82, 2.24) is 0 Å². The Labute approximate surface area is 90.0 Å². The fourth-order valence-corrected chi connectivity index (χ4v) is 1.13. The minimum Gasteiger partial charge on any atom is -0.497 e. The van der Waals surface area contributed by atoms with E-state index in [-0.39, 0.29) is 5.69 Å². The summed E-state index contributed by atoms with van der Waals surface area (Å²) in [4.78, 5) is 14.0. The highest BCUT2D eigenvalue weighted by Gasteiger charge is 2.08. The maximum absolute atomic E-state index is 10.0. The van der Waals surface area contributed by atoms with Gasteiger partial charge < -0.3 is 4.74 Å². The van der Waals surface area contributed by atoms with E-state index in [2.05, 4.69) is 4.94 Å². The molecule has 0 bridgehead atoms. The summed E-state index contributed by atoms with van der Waals surface area (Å²) in [5.41, 5.74) is 0.205. The number of nitrogens with zero attached hydrogens (tertiary/aromatic N) is 2. The quantitative estimate of drug-likeness (QED) is 0.477. The predicted molar refractivity (Wildman–Crippen MR) is 52.7 cm³/mol. The van der Waals surface area contributed by atoms with Crippen LogP contribution in [0.5, 0.6) is 5.75 Å². The van der Waals surface area contributed by atoms with Crippen molar-refractivity contribution in [3.8, 4) is 5.75 Å². The number of hydrazine groups is 1. The fraction of sp³-hybridized carbons (Fsp3) is 0.143. The number of benzene rings is 1. The Morgan fingerprint density at radius 3 is 2.73 bits per heavy atom. The third kappa shape index (κ3) is 3.15. The Hall–Kier alpha value is -1.73. The van der Waals surface area contributed by atoms with Gasteiger partial charge in [-0.15, -0.1) is 15.3 Å². The van der Waals surface area contributed by atoms with E-state index >= 15 is 0 Å². The molecule has 0 spiro atoms. The number of nitrogens with two attached hydrogens (primary N) is 1. The molecule has 0 radical (unpaired) electrons. The first-order valence-corrected chi connectivity index (χ1v) is 4.12. The Morgan fingerprint density at radius 1 is 1.53 bits per heavy atom. The highest BCUT2D eigenvalue weighted by atomic mass is 35.5. The van der Waals surface area contributed by atoms with Gasteiger partial charge in [0.15, 0.2) is 0 Å². The predicted octanol–water partition coefficient (Wildman–Crippen LogP) is 1.15. The molecule has 0 aromatic heterocycles. The van der Waals surface area contributed by atoms with Crippen LogP contribution in [0.2, 0.25) is 5.02 Å². The van der Waals surface area contributed by atoms with Crippen LogP contribution in [-0.2, 0) is 4.94 Å². The second kappa shape index (κ2) is 4.67. The largest absolute Gasteiger partial charge is 0.497 e. The lowest BCUT2D eigenvalue weighted by Crippen LogP contribution is -2.33. The number of hydrogen-bond acceptors (Lipinski definition) is 6. The zero-order valence-corrected chi connectivity index (χ0v) is 8.47. The molecule has 8 heteroatoms. The SMILES string of the molecule is COc1cc(Cl)cc(N(N)O[N+](=O)[O-])c1. The molecule has 0 unspecified atom stereocenters. The van der Waals surface area contributed by atoms with Crippen LogP contribution >= 0.6 is 11.6 Å². The lowest BCUT2D eigenvalue weighted by molar-refractivity contribution is -0.762. The monoisotopic (exact) mass is 233 g/mol. The van der Waals surface area contributed by atoms with Gasteiger partial charge in [0.25, 0.3) is 0 Å². The number of anilines is 1. The molecule has 0 saturated heterocycles. The van der Waals surface area contributed by atoms with Crippen molar-refractivity contribution in [2.45, 2.75) is 0 Å². The Balaban J connectivity index is 2.92. The van der Waals surface area contributed by atoms with Gasteiger partial charge in [-0.2, -0.15) is 4.94 Å². The Kier molecular flexibility index (Phi) is 3.53. The normalized spacial score (nSPS) is 9.53. The average molecular weight is 234 g/mol.